The molecule has 3 unspecified atom stereocenters. The van der Waals surface area contributed by atoms with Crippen molar-refractivity contribution in [1.29, 1.82) is 0 Å². The highest BCUT2D eigenvalue weighted by atomic mass is 17.3. The van der Waals surface area contributed by atoms with Gasteiger partial charge in [0.2, 0.25) is 5.79 Å². The second-order valence-corrected chi connectivity index (χ2v) is 9.30. The molecule has 0 radical (unpaired) electrons. The van der Waals surface area contributed by atoms with Crippen molar-refractivity contribution in [2.24, 2.45) is 23.7 Å². The van der Waals surface area contributed by atoms with E-state index in [1.807, 2.05) is 6.92 Å². The summed E-state index contributed by atoms with van der Waals surface area (Å²) >= 11 is 0. The number of fused-ring (bicyclic) bond motifs is 2. The minimum absolute atomic E-state index is 0.238. The number of ether oxygens (including phenoxy) is 3. The molecule has 26 heavy (non-hydrogen) atoms. The van der Waals surface area contributed by atoms with Crippen LogP contribution in [0.4, 0.5) is 0 Å². The summed E-state index contributed by atoms with van der Waals surface area (Å²) in [5, 5.41) is 0. The maximum atomic E-state index is 6.40. The first-order chi connectivity index (χ1) is 12.4. The van der Waals surface area contributed by atoms with Gasteiger partial charge in [-0.2, -0.15) is 0 Å². The van der Waals surface area contributed by atoms with E-state index in [0.29, 0.717) is 24.4 Å². The molecule has 1 saturated carbocycles. The Bertz CT molecular complexity index is 516. The summed E-state index contributed by atoms with van der Waals surface area (Å²) in [5.41, 5.74) is -0.489. The first-order valence-corrected chi connectivity index (χ1v) is 10.3. The van der Waals surface area contributed by atoms with Crippen molar-refractivity contribution < 1.29 is 24.0 Å². The average molecular weight is 370 g/mol. The number of nitrogens with zero attached hydrogens (tertiary/aromatic N) is 1. The van der Waals surface area contributed by atoms with Gasteiger partial charge in [-0.1, -0.05) is 13.8 Å². The number of rotatable bonds is 5. The normalized spacial score (nSPS) is 50.5. The lowest BCUT2D eigenvalue weighted by molar-refractivity contribution is -0.577. The molecule has 8 atom stereocenters. The summed E-state index contributed by atoms with van der Waals surface area (Å²) in [5.74, 6) is 0.884. The molecule has 4 heterocycles. The minimum atomic E-state index is -0.715. The smallest absolute Gasteiger partial charge is 0.201 e. The molecule has 1 spiro atoms. The van der Waals surface area contributed by atoms with Crippen molar-refractivity contribution >= 4 is 0 Å². The van der Waals surface area contributed by atoms with Crippen molar-refractivity contribution in [3.8, 4) is 0 Å². The van der Waals surface area contributed by atoms with Crippen LogP contribution >= 0.6 is 0 Å². The quantitative estimate of drug-likeness (QED) is 0.548. The first kappa shape index (κ1) is 19.1. The Morgan fingerprint density at radius 3 is 2.65 bits per heavy atom. The van der Waals surface area contributed by atoms with Crippen molar-refractivity contribution in [1.82, 2.24) is 4.90 Å². The van der Waals surface area contributed by atoms with Gasteiger partial charge in [-0.25, -0.2) is 9.78 Å². The van der Waals surface area contributed by atoms with Crippen molar-refractivity contribution in [3.05, 3.63) is 0 Å². The summed E-state index contributed by atoms with van der Waals surface area (Å²) in [6.45, 7) is 8.26. The van der Waals surface area contributed by atoms with E-state index in [1.54, 1.807) is 0 Å². The van der Waals surface area contributed by atoms with Crippen LogP contribution in [0.2, 0.25) is 0 Å². The topological polar surface area (TPSA) is 49.4 Å². The summed E-state index contributed by atoms with van der Waals surface area (Å²) in [6.07, 6.45) is 4.60. The Labute approximate surface area is 157 Å². The van der Waals surface area contributed by atoms with Gasteiger partial charge >= 0.3 is 0 Å². The van der Waals surface area contributed by atoms with E-state index >= 15 is 0 Å². The van der Waals surface area contributed by atoms with Crippen LogP contribution < -0.4 is 0 Å². The van der Waals surface area contributed by atoms with Crippen LogP contribution in [-0.2, 0) is 24.0 Å². The first-order valence-electron chi connectivity index (χ1n) is 10.3. The third-order valence-electron chi connectivity index (χ3n) is 7.13. The van der Waals surface area contributed by atoms with E-state index in [-0.39, 0.29) is 12.2 Å². The maximum absolute atomic E-state index is 6.40. The monoisotopic (exact) mass is 369 g/mol. The van der Waals surface area contributed by atoms with Crippen LogP contribution in [0.1, 0.15) is 52.9 Å². The fraction of sp³-hybridized carbons (Fsp3) is 1.00. The molecule has 0 aromatic carbocycles. The van der Waals surface area contributed by atoms with Crippen LogP contribution in [0.25, 0.3) is 0 Å². The second kappa shape index (κ2) is 6.98. The molecule has 0 amide bonds. The van der Waals surface area contributed by atoms with Gasteiger partial charge in [0, 0.05) is 18.3 Å². The molecule has 5 fully saturated rings. The SMILES string of the molecule is C[C@H]1C(OCCCN(C)C)O[C@@H]2O[C@]3(C)CCC4[C@H](C)CCC1[C@]42OO3. The highest BCUT2D eigenvalue weighted by Crippen LogP contribution is 2.60. The molecule has 4 saturated heterocycles. The second-order valence-electron chi connectivity index (χ2n) is 9.30. The summed E-state index contributed by atoms with van der Waals surface area (Å²) in [6, 6.07) is 0. The molecule has 0 aromatic rings. The lowest BCUT2D eigenvalue weighted by Crippen LogP contribution is -2.70. The third kappa shape index (κ3) is 3.03. The highest BCUT2D eigenvalue weighted by molar-refractivity contribution is 5.09. The minimum Gasteiger partial charge on any atom is -0.352 e. The Morgan fingerprint density at radius 2 is 1.88 bits per heavy atom. The zero-order valence-corrected chi connectivity index (χ0v) is 16.9. The fourth-order valence-corrected chi connectivity index (χ4v) is 5.64. The molecule has 2 bridgehead atoms. The van der Waals surface area contributed by atoms with Crippen LogP contribution in [-0.4, -0.2) is 56.1 Å². The summed E-state index contributed by atoms with van der Waals surface area (Å²) < 4.78 is 18.9. The molecule has 5 aliphatic rings. The molecule has 5 rings (SSSR count). The van der Waals surface area contributed by atoms with E-state index in [0.717, 1.165) is 32.2 Å². The van der Waals surface area contributed by atoms with Gasteiger partial charge in [-0.15, -0.1) is 0 Å². The molecule has 0 aromatic heterocycles. The van der Waals surface area contributed by atoms with E-state index in [1.165, 1.54) is 6.42 Å². The standard InChI is InChI=1S/C20H35NO5/c1-13-7-8-16-14(2)17(22-12-6-11-21(4)5)23-18-20(16)15(13)9-10-19(3,24-18)25-26-20/h13-18H,6-12H2,1-5H3/t13-,14-,15?,16?,17?,18-,19+,20-/m1/s1. The molecule has 6 nitrogen and oxygen atoms in total. The van der Waals surface area contributed by atoms with Crippen LogP contribution in [0.15, 0.2) is 0 Å². The predicted octanol–water partition coefficient (Wildman–Crippen LogP) is 3.16. The molecular formula is C20H35NO5. The average Bonchev–Trinajstić information content (AvgIpc) is 2.82. The van der Waals surface area contributed by atoms with Gasteiger partial charge in [0.05, 0.1) is 6.61 Å². The Balaban J connectivity index is 1.54. The van der Waals surface area contributed by atoms with Gasteiger partial charge < -0.3 is 19.1 Å². The molecule has 6 heteroatoms. The zero-order valence-electron chi connectivity index (χ0n) is 16.9. The Morgan fingerprint density at radius 1 is 1.08 bits per heavy atom. The van der Waals surface area contributed by atoms with Gasteiger partial charge in [0.15, 0.2) is 18.2 Å². The fourth-order valence-electron chi connectivity index (χ4n) is 5.64. The van der Waals surface area contributed by atoms with E-state index in [9.17, 15) is 0 Å². The predicted molar refractivity (Wildman–Crippen MR) is 96.0 cm³/mol. The van der Waals surface area contributed by atoms with Crippen LogP contribution in [0.5, 0.6) is 0 Å². The molecule has 0 N–H and O–H groups in total. The highest BCUT2D eigenvalue weighted by Gasteiger charge is 2.69. The summed E-state index contributed by atoms with van der Waals surface area (Å²) in [7, 11) is 4.17. The van der Waals surface area contributed by atoms with Gasteiger partial charge in [-0.3, -0.25) is 0 Å². The summed E-state index contributed by atoms with van der Waals surface area (Å²) in [4.78, 5) is 14.2. The zero-order chi connectivity index (χ0) is 18.5. The Hall–Kier alpha value is -0.240. The van der Waals surface area contributed by atoms with Crippen LogP contribution in [0.3, 0.4) is 0 Å². The molecule has 1 aliphatic carbocycles. The molecule has 150 valence electrons. The number of hydrogen-bond acceptors (Lipinski definition) is 6. The Kier molecular flexibility index (Phi) is 5.12. The van der Waals surface area contributed by atoms with Crippen molar-refractivity contribution in [3.63, 3.8) is 0 Å². The van der Waals surface area contributed by atoms with Gasteiger partial charge in [-0.05, 0) is 65.1 Å². The lowest BCUT2D eigenvalue weighted by atomic mass is 9.58. The van der Waals surface area contributed by atoms with Crippen molar-refractivity contribution in [2.45, 2.75) is 76.8 Å². The van der Waals surface area contributed by atoms with E-state index < -0.39 is 17.7 Å². The van der Waals surface area contributed by atoms with E-state index in [2.05, 4.69) is 32.8 Å². The van der Waals surface area contributed by atoms with Gasteiger partial charge in [0.1, 0.15) is 0 Å². The van der Waals surface area contributed by atoms with E-state index in [4.69, 9.17) is 24.0 Å². The lowest BCUT2D eigenvalue weighted by Gasteiger charge is -2.60. The van der Waals surface area contributed by atoms with Gasteiger partial charge in [0.25, 0.3) is 0 Å². The molecule has 4 aliphatic heterocycles. The largest absolute Gasteiger partial charge is 0.352 e. The third-order valence-corrected chi connectivity index (χ3v) is 7.13. The van der Waals surface area contributed by atoms with Crippen LogP contribution in [0, 0.1) is 23.7 Å². The number of hydrogen-bond donors (Lipinski definition) is 0. The maximum Gasteiger partial charge on any atom is 0.201 e. The van der Waals surface area contributed by atoms with Crippen molar-refractivity contribution in [2.75, 3.05) is 27.2 Å². The molecular weight excluding hydrogens is 334 g/mol.